The Morgan fingerprint density at radius 1 is 1.26 bits per heavy atom. The van der Waals surface area contributed by atoms with Gasteiger partial charge < -0.3 is 5.32 Å². The third kappa shape index (κ3) is 8.28. The number of nitriles is 1. The quantitative estimate of drug-likeness (QED) is 0.356. The molecule has 15 heteroatoms. The van der Waals surface area contributed by atoms with Gasteiger partial charge in [0.2, 0.25) is 23.7 Å². The summed E-state index contributed by atoms with van der Waals surface area (Å²) in [7, 11) is -3.80. The van der Waals surface area contributed by atoms with Crippen molar-refractivity contribution in [3.63, 3.8) is 0 Å². The maximum atomic E-state index is 14.7. The Balaban J connectivity index is 1.87. The van der Waals surface area contributed by atoms with Gasteiger partial charge in [0.1, 0.15) is 23.8 Å². The zero-order chi connectivity index (χ0) is 34.5. The highest BCUT2D eigenvalue weighted by Crippen LogP contribution is 2.35. The molecule has 0 unspecified atom stereocenters. The second-order valence-electron chi connectivity index (χ2n) is 11.3. The van der Waals surface area contributed by atoms with Gasteiger partial charge in [0.25, 0.3) is 5.91 Å². The number of carbonyl (C=O) groups excluding carboxylic acids is 3. The molecule has 0 bridgehead atoms. The highest BCUT2D eigenvalue weighted by atomic mass is 35.5. The van der Waals surface area contributed by atoms with Crippen LogP contribution in [-0.2, 0) is 24.2 Å². The topological polar surface area (TPSA) is 153 Å². The molecule has 0 radical (unpaired) electrons. The minimum atomic E-state index is -3.80. The van der Waals surface area contributed by atoms with Gasteiger partial charge in [-0.3, -0.25) is 24.2 Å². The smallest absolute Gasteiger partial charge is 0.251 e. The Bertz CT molecular complexity index is 1780. The second kappa shape index (κ2) is 14.5. The molecule has 1 aliphatic heterocycles. The molecule has 0 spiro atoms. The molecule has 1 saturated carbocycles. The van der Waals surface area contributed by atoms with Crippen LogP contribution in [0.1, 0.15) is 51.1 Å². The molecule has 1 aromatic heterocycles. The molecule has 2 aromatic rings. The summed E-state index contributed by atoms with van der Waals surface area (Å²) < 4.78 is 53.0. The molecular weight excluding hydrogens is 654 g/mol. The van der Waals surface area contributed by atoms with Crippen LogP contribution >= 0.6 is 11.6 Å². The number of rotatable bonds is 10. The van der Waals surface area contributed by atoms with Crippen molar-refractivity contribution in [2.45, 2.75) is 74.4 Å². The Labute approximate surface area is 276 Å². The number of nitrogens with zero attached hydrogens (tertiary/aromatic N) is 5. The SMILES string of the molecule is C=C(/C(Cl)=C\C=C/C)[C@@H](C(=O)NC1CCC(F)(F)CC1)N(C(=O)[C@@H]1CCC(=O)N1c1nccc(C#N)n1)c1cccc(S(C)(=O)=O)c1. The summed E-state index contributed by atoms with van der Waals surface area (Å²) in [5, 5.41) is 12.1. The number of anilines is 2. The summed E-state index contributed by atoms with van der Waals surface area (Å²) in [6.45, 7) is 5.75. The van der Waals surface area contributed by atoms with E-state index in [9.17, 15) is 36.8 Å². The largest absolute Gasteiger partial charge is 0.351 e. The van der Waals surface area contributed by atoms with Crippen molar-refractivity contribution in [1.82, 2.24) is 15.3 Å². The number of nitrogens with one attached hydrogen (secondary N) is 1. The van der Waals surface area contributed by atoms with E-state index in [4.69, 9.17) is 11.6 Å². The third-order valence-corrected chi connectivity index (χ3v) is 9.35. The molecule has 2 aliphatic rings. The first-order valence-electron chi connectivity index (χ1n) is 14.7. The van der Waals surface area contributed by atoms with Crippen LogP contribution in [-0.4, -0.2) is 66.4 Å². The molecule has 47 heavy (non-hydrogen) atoms. The normalized spacial score (nSPS) is 19.3. The van der Waals surface area contributed by atoms with Crippen LogP contribution in [0.3, 0.4) is 0 Å². The fourth-order valence-corrected chi connectivity index (χ4v) is 6.27. The van der Waals surface area contributed by atoms with Crippen LogP contribution in [0, 0.1) is 11.3 Å². The van der Waals surface area contributed by atoms with Crippen LogP contribution < -0.4 is 15.1 Å². The molecule has 2 atom stereocenters. The first-order chi connectivity index (χ1) is 22.2. The summed E-state index contributed by atoms with van der Waals surface area (Å²) in [5.74, 6) is -5.20. The number of halogens is 3. The maximum absolute atomic E-state index is 14.7. The predicted molar refractivity (Wildman–Crippen MR) is 171 cm³/mol. The van der Waals surface area contributed by atoms with Gasteiger partial charge in [-0.15, -0.1) is 0 Å². The number of hydrogen-bond donors (Lipinski definition) is 1. The number of amides is 3. The average Bonchev–Trinajstić information content (AvgIpc) is 3.43. The summed E-state index contributed by atoms with van der Waals surface area (Å²) in [6, 6.07) is 4.97. The number of aromatic nitrogens is 2. The average molecular weight is 687 g/mol. The molecule has 2 heterocycles. The van der Waals surface area contributed by atoms with Gasteiger partial charge in [0.05, 0.1) is 4.90 Å². The Morgan fingerprint density at radius 3 is 2.60 bits per heavy atom. The van der Waals surface area contributed by atoms with E-state index in [-0.39, 0.29) is 58.5 Å². The predicted octanol–water partition coefficient (Wildman–Crippen LogP) is 4.60. The molecule has 3 amide bonds. The Hall–Kier alpha value is -4.48. The van der Waals surface area contributed by atoms with E-state index < -0.39 is 64.4 Å². The molecule has 4 rings (SSSR count). The summed E-state index contributed by atoms with van der Waals surface area (Å²) in [4.78, 5) is 52.1. The Morgan fingerprint density at radius 2 is 1.96 bits per heavy atom. The molecule has 1 aliphatic carbocycles. The van der Waals surface area contributed by atoms with Crippen molar-refractivity contribution >= 4 is 50.8 Å². The molecule has 2 fully saturated rings. The number of benzene rings is 1. The van der Waals surface area contributed by atoms with E-state index in [2.05, 4.69) is 21.9 Å². The van der Waals surface area contributed by atoms with Crippen molar-refractivity contribution in [1.29, 1.82) is 5.26 Å². The van der Waals surface area contributed by atoms with E-state index in [1.54, 1.807) is 19.1 Å². The highest BCUT2D eigenvalue weighted by molar-refractivity contribution is 7.90. The number of allylic oxidation sites excluding steroid dienone is 3. The lowest BCUT2D eigenvalue weighted by atomic mass is 9.91. The van der Waals surface area contributed by atoms with Crippen LogP contribution in [0.25, 0.3) is 0 Å². The van der Waals surface area contributed by atoms with E-state index in [1.807, 2.05) is 6.07 Å². The summed E-state index contributed by atoms with van der Waals surface area (Å²) >= 11 is 6.59. The van der Waals surface area contributed by atoms with E-state index in [1.165, 1.54) is 42.6 Å². The molecule has 1 saturated heterocycles. The standard InChI is InChI=1S/C32H33ClF2N6O5S/c1-4-5-9-25(33)20(2)28(29(43)38-21-12-15-32(34,35)16-13-21)40(23-7-6-8-24(18-23)47(3,45)46)30(44)26-10-11-27(42)41(26)31-37-17-14-22(19-36)39-31/h4-9,14,17-18,21,26,28H,2,10-13,15-16H2,1,3H3,(H,38,43)/b5-4-,25-9+/t26-,28-/m0/s1. The summed E-state index contributed by atoms with van der Waals surface area (Å²) in [5.41, 5.74) is -0.140. The van der Waals surface area contributed by atoms with Crippen molar-refractivity contribution in [3.8, 4) is 6.07 Å². The van der Waals surface area contributed by atoms with Gasteiger partial charge in [-0.25, -0.2) is 27.2 Å². The molecular formula is C32H33ClF2N6O5S. The third-order valence-electron chi connectivity index (χ3n) is 7.87. The lowest BCUT2D eigenvalue weighted by Gasteiger charge is -2.37. The van der Waals surface area contributed by atoms with Crippen LogP contribution in [0.15, 0.2) is 76.8 Å². The van der Waals surface area contributed by atoms with E-state index >= 15 is 0 Å². The van der Waals surface area contributed by atoms with Crippen LogP contribution in [0.2, 0.25) is 0 Å². The van der Waals surface area contributed by atoms with Gasteiger partial charge in [0, 0.05) is 48.5 Å². The minimum absolute atomic E-state index is 0.0140. The van der Waals surface area contributed by atoms with Gasteiger partial charge in [0.15, 0.2) is 9.84 Å². The first kappa shape index (κ1) is 35.4. The first-order valence-corrected chi connectivity index (χ1v) is 17.0. The minimum Gasteiger partial charge on any atom is -0.351 e. The van der Waals surface area contributed by atoms with Crippen LogP contribution in [0.5, 0.6) is 0 Å². The molecule has 248 valence electrons. The van der Waals surface area contributed by atoms with Gasteiger partial charge >= 0.3 is 0 Å². The van der Waals surface area contributed by atoms with E-state index in [0.717, 1.165) is 16.1 Å². The fourth-order valence-electron chi connectivity index (χ4n) is 5.44. The lowest BCUT2D eigenvalue weighted by Crippen LogP contribution is -2.57. The zero-order valence-corrected chi connectivity index (χ0v) is 27.3. The Kier molecular flexibility index (Phi) is 10.9. The van der Waals surface area contributed by atoms with Crippen molar-refractivity contribution in [3.05, 3.63) is 77.6 Å². The molecule has 1 N–H and O–H groups in total. The highest BCUT2D eigenvalue weighted by Gasteiger charge is 2.46. The zero-order valence-electron chi connectivity index (χ0n) is 25.7. The molecule has 1 aromatic carbocycles. The monoisotopic (exact) mass is 686 g/mol. The molecule has 11 nitrogen and oxygen atoms in total. The number of hydrogen-bond acceptors (Lipinski definition) is 8. The van der Waals surface area contributed by atoms with Crippen LogP contribution in [0.4, 0.5) is 20.4 Å². The summed E-state index contributed by atoms with van der Waals surface area (Å²) in [6.07, 6.45) is 5.91. The van der Waals surface area contributed by atoms with E-state index in [0.29, 0.717) is 0 Å². The van der Waals surface area contributed by atoms with Gasteiger partial charge in [-0.05, 0) is 62.1 Å². The maximum Gasteiger partial charge on any atom is 0.251 e. The van der Waals surface area contributed by atoms with Crippen molar-refractivity contribution < 1.29 is 31.6 Å². The number of alkyl halides is 2. The van der Waals surface area contributed by atoms with Gasteiger partial charge in [-0.1, -0.05) is 36.4 Å². The lowest BCUT2D eigenvalue weighted by molar-refractivity contribution is -0.127. The fraction of sp³-hybridized carbons (Fsp3) is 0.375. The number of carbonyl (C=O) groups is 3. The number of sulfone groups is 1. The van der Waals surface area contributed by atoms with Gasteiger partial charge in [-0.2, -0.15) is 5.26 Å². The second-order valence-corrected chi connectivity index (χ2v) is 13.7. The van der Waals surface area contributed by atoms with Crippen molar-refractivity contribution in [2.24, 2.45) is 0 Å². The van der Waals surface area contributed by atoms with Crippen molar-refractivity contribution in [2.75, 3.05) is 16.1 Å².